The van der Waals surface area contributed by atoms with E-state index in [1.165, 1.54) is 32.1 Å². The van der Waals surface area contributed by atoms with Gasteiger partial charge in [0, 0.05) is 17.6 Å². The van der Waals surface area contributed by atoms with E-state index >= 15 is 0 Å². The Hall–Kier alpha value is -1.04. The summed E-state index contributed by atoms with van der Waals surface area (Å²) in [4.78, 5) is 0. The van der Waals surface area contributed by atoms with Crippen molar-refractivity contribution >= 4 is 11.6 Å². The smallest absolute Gasteiger partial charge is 0.0992 e. The molecule has 2 nitrogen and oxygen atoms in total. The number of rotatable bonds is 8. The maximum atomic E-state index is 8.79. The molecule has 0 aliphatic carbocycles. The Bertz CT molecular complexity index is 423. The fourth-order valence-corrected chi connectivity index (χ4v) is 2.27. The van der Waals surface area contributed by atoms with Crippen molar-refractivity contribution in [3.05, 3.63) is 34.3 Å². The standard InChI is InChI=1S/C16H23ClN2/c1-3-4-5-6-7-13(2)19-12-15-9-8-14(11-18)10-16(15)17/h8-10,13,19H,3-7,12H2,1-2H3. The van der Waals surface area contributed by atoms with Gasteiger partial charge in [0.2, 0.25) is 0 Å². The molecule has 1 N–H and O–H groups in total. The van der Waals surface area contributed by atoms with Gasteiger partial charge in [0.15, 0.2) is 0 Å². The predicted octanol–water partition coefficient (Wildman–Crippen LogP) is 4.66. The van der Waals surface area contributed by atoms with Crippen molar-refractivity contribution in [2.24, 2.45) is 0 Å². The van der Waals surface area contributed by atoms with Crippen LogP contribution in [0.25, 0.3) is 0 Å². The molecule has 0 amide bonds. The van der Waals surface area contributed by atoms with Crippen molar-refractivity contribution in [3.8, 4) is 6.07 Å². The second kappa shape index (κ2) is 8.96. The van der Waals surface area contributed by atoms with Gasteiger partial charge in [-0.05, 0) is 31.0 Å². The van der Waals surface area contributed by atoms with Gasteiger partial charge >= 0.3 is 0 Å². The number of nitriles is 1. The number of hydrogen-bond donors (Lipinski definition) is 1. The van der Waals surface area contributed by atoms with Crippen LogP contribution < -0.4 is 5.32 Å². The average molecular weight is 279 g/mol. The van der Waals surface area contributed by atoms with Crippen molar-refractivity contribution < 1.29 is 0 Å². The van der Waals surface area contributed by atoms with Crippen LogP contribution in [0.15, 0.2) is 18.2 Å². The van der Waals surface area contributed by atoms with Gasteiger partial charge in [-0.2, -0.15) is 5.26 Å². The first-order valence-electron chi connectivity index (χ1n) is 7.09. The highest BCUT2D eigenvalue weighted by Crippen LogP contribution is 2.17. The topological polar surface area (TPSA) is 35.8 Å². The monoisotopic (exact) mass is 278 g/mol. The zero-order chi connectivity index (χ0) is 14.1. The van der Waals surface area contributed by atoms with Crippen LogP contribution in [-0.4, -0.2) is 6.04 Å². The Morgan fingerprint density at radius 2 is 2.11 bits per heavy atom. The Kier molecular flexibility index (Phi) is 7.55. The van der Waals surface area contributed by atoms with Crippen LogP contribution in [0.2, 0.25) is 5.02 Å². The summed E-state index contributed by atoms with van der Waals surface area (Å²) in [5.41, 5.74) is 1.67. The number of unbranched alkanes of at least 4 members (excludes halogenated alkanes) is 3. The van der Waals surface area contributed by atoms with Gasteiger partial charge in [-0.25, -0.2) is 0 Å². The van der Waals surface area contributed by atoms with Crippen LogP contribution in [0, 0.1) is 11.3 Å². The number of benzene rings is 1. The van der Waals surface area contributed by atoms with Crippen LogP contribution in [0.3, 0.4) is 0 Å². The molecule has 0 saturated heterocycles. The molecule has 19 heavy (non-hydrogen) atoms. The summed E-state index contributed by atoms with van der Waals surface area (Å²) in [6.45, 7) is 5.21. The van der Waals surface area contributed by atoms with E-state index in [-0.39, 0.29) is 0 Å². The van der Waals surface area contributed by atoms with E-state index in [2.05, 4.69) is 25.2 Å². The van der Waals surface area contributed by atoms with E-state index in [0.717, 1.165) is 12.1 Å². The van der Waals surface area contributed by atoms with Crippen molar-refractivity contribution in [3.63, 3.8) is 0 Å². The molecular formula is C16H23ClN2. The average Bonchev–Trinajstić information content (AvgIpc) is 2.42. The maximum Gasteiger partial charge on any atom is 0.0992 e. The number of nitrogens with zero attached hydrogens (tertiary/aromatic N) is 1. The quantitative estimate of drug-likeness (QED) is 0.702. The predicted molar refractivity (Wildman–Crippen MR) is 81.2 cm³/mol. The molecule has 0 bridgehead atoms. The molecule has 0 fully saturated rings. The first kappa shape index (κ1) is 16.0. The highest BCUT2D eigenvalue weighted by Gasteiger charge is 2.05. The largest absolute Gasteiger partial charge is 0.310 e. The summed E-state index contributed by atoms with van der Waals surface area (Å²) in [6.07, 6.45) is 6.41. The third-order valence-electron chi connectivity index (χ3n) is 3.31. The normalized spacial score (nSPS) is 12.1. The Morgan fingerprint density at radius 3 is 2.74 bits per heavy atom. The summed E-state index contributed by atoms with van der Waals surface area (Å²) in [7, 11) is 0. The summed E-state index contributed by atoms with van der Waals surface area (Å²) in [5, 5.41) is 12.9. The second-order valence-electron chi connectivity index (χ2n) is 5.05. The van der Waals surface area contributed by atoms with Gasteiger partial charge in [-0.1, -0.05) is 50.3 Å². The van der Waals surface area contributed by atoms with Crippen LogP contribution in [0.1, 0.15) is 57.1 Å². The molecule has 1 rings (SSSR count). The molecule has 0 saturated carbocycles. The van der Waals surface area contributed by atoms with E-state index < -0.39 is 0 Å². The van der Waals surface area contributed by atoms with Crippen molar-refractivity contribution in [1.29, 1.82) is 5.26 Å². The summed E-state index contributed by atoms with van der Waals surface area (Å²) in [5.74, 6) is 0. The van der Waals surface area contributed by atoms with E-state index in [1.807, 2.05) is 12.1 Å². The Morgan fingerprint density at radius 1 is 1.32 bits per heavy atom. The lowest BCUT2D eigenvalue weighted by molar-refractivity contribution is 0.483. The molecule has 1 aromatic carbocycles. The van der Waals surface area contributed by atoms with E-state index in [1.54, 1.807) is 6.07 Å². The molecule has 0 heterocycles. The molecule has 3 heteroatoms. The Balaban J connectivity index is 2.34. The fourth-order valence-electron chi connectivity index (χ4n) is 2.02. The zero-order valence-electron chi connectivity index (χ0n) is 11.9. The Labute approximate surface area is 121 Å². The van der Waals surface area contributed by atoms with Crippen LogP contribution in [0.4, 0.5) is 0 Å². The molecule has 0 spiro atoms. The van der Waals surface area contributed by atoms with Crippen molar-refractivity contribution in [2.75, 3.05) is 0 Å². The van der Waals surface area contributed by atoms with Gasteiger partial charge in [-0.15, -0.1) is 0 Å². The highest BCUT2D eigenvalue weighted by molar-refractivity contribution is 6.31. The first-order chi connectivity index (χ1) is 9.17. The minimum absolute atomic E-state index is 0.503. The van der Waals surface area contributed by atoms with Crippen molar-refractivity contribution in [2.45, 2.75) is 58.5 Å². The summed E-state index contributed by atoms with van der Waals surface area (Å²) < 4.78 is 0. The first-order valence-corrected chi connectivity index (χ1v) is 7.47. The van der Waals surface area contributed by atoms with Gasteiger partial charge in [0.25, 0.3) is 0 Å². The molecule has 0 aliphatic heterocycles. The van der Waals surface area contributed by atoms with E-state index in [0.29, 0.717) is 16.6 Å². The molecule has 0 aromatic heterocycles. The van der Waals surface area contributed by atoms with Crippen molar-refractivity contribution in [1.82, 2.24) is 5.32 Å². The number of halogens is 1. The van der Waals surface area contributed by atoms with Gasteiger partial charge in [-0.3, -0.25) is 0 Å². The highest BCUT2D eigenvalue weighted by atomic mass is 35.5. The summed E-state index contributed by atoms with van der Waals surface area (Å²) >= 11 is 6.15. The van der Waals surface area contributed by atoms with Gasteiger partial charge in [0.05, 0.1) is 11.6 Å². The van der Waals surface area contributed by atoms with Crippen LogP contribution in [0.5, 0.6) is 0 Å². The molecule has 104 valence electrons. The fraction of sp³-hybridized carbons (Fsp3) is 0.562. The van der Waals surface area contributed by atoms with E-state index in [9.17, 15) is 0 Å². The minimum atomic E-state index is 0.503. The molecule has 1 unspecified atom stereocenters. The lowest BCUT2D eigenvalue weighted by atomic mass is 10.1. The molecule has 1 aromatic rings. The zero-order valence-corrected chi connectivity index (χ0v) is 12.6. The van der Waals surface area contributed by atoms with Crippen LogP contribution >= 0.6 is 11.6 Å². The third-order valence-corrected chi connectivity index (χ3v) is 3.67. The SMILES string of the molecule is CCCCCCC(C)NCc1ccc(C#N)cc1Cl. The number of nitrogens with one attached hydrogen (secondary N) is 1. The molecule has 1 atom stereocenters. The molecule has 0 radical (unpaired) electrons. The second-order valence-corrected chi connectivity index (χ2v) is 5.46. The summed E-state index contributed by atoms with van der Waals surface area (Å²) in [6, 6.07) is 8.07. The lowest BCUT2D eigenvalue weighted by Crippen LogP contribution is -2.25. The number of hydrogen-bond acceptors (Lipinski definition) is 2. The lowest BCUT2D eigenvalue weighted by Gasteiger charge is -2.14. The molecule has 0 aliphatic rings. The van der Waals surface area contributed by atoms with Gasteiger partial charge < -0.3 is 5.32 Å². The maximum absolute atomic E-state index is 8.79. The minimum Gasteiger partial charge on any atom is -0.310 e. The van der Waals surface area contributed by atoms with Gasteiger partial charge in [0.1, 0.15) is 0 Å². The molecular weight excluding hydrogens is 256 g/mol. The van der Waals surface area contributed by atoms with E-state index in [4.69, 9.17) is 16.9 Å². The third kappa shape index (κ3) is 6.09. The van der Waals surface area contributed by atoms with Crippen LogP contribution in [-0.2, 0) is 6.54 Å².